The van der Waals surface area contributed by atoms with Gasteiger partial charge in [0.1, 0.15) is 24.1 Å². The molecule has 0 spiro atoms. The minimum absolute atomic E-state index is 0.220. The van der Waals surface area contributed by atoms with E-state index in [0.29, 0.717) is 24.2 Å². The van der Waals surface area contributed by atoms with E-state index in [1.807, 2.05) is 0 Å². The molecule has 3 rings (SSSR count). The zero-order valence-electron chi connectivity index (χ0n) is 15.2. The van der Waals surface area contributed by atoms with E-state index in [-0.39, 0.29) is 11.8 Å². The van der Waals surface area contributed by atoms with E-state index in [2.05, 4.69) is 26.8 Å². The molecule has 1 unspecified atom stereocenters. The second-order valence-electron chi connectivity index (χ2n) is 6.83. The lowest BCUT2D eigenvalue weighted by atomic mass is 9.74. The topological polar surface area (TPSA) is 113 Å². The summed E-state index contributed by atoms with van der Waals surface area (Å²) in [6, 6.07) is 8.57. The van der Waals surface area contributed by atoms with Crippen molar-refractivity contribution in [3.63, 3.8) is 0 Å². The van der Waals surface area contributed by atoms with Crippen molar-refractivity contribution in [3.05, 3.63) is 36.9 Å². The average Bonchev–Trinajstić information content (AvgIpc) is 3.24. The van der Waals surface area contributed by atoms with E-state index in [9.17, 15) is 14.9 Å². The maximum Gasteiger partial charge on any atom is 0.249 e. The summed E-state index contributed by atoms with van der Waals surface area (Å²) in [4.78, 5) is 28.7. The maximum absolute atomic E-state index is 12.6. The molecule has 2 amide bonds. The van der Waals surface area contributed by atoms with Crippen molar-refractivity contribution in [2.45, 2.75) is 45.1 Å². The number of hydrogen-bond acceptors (Lipinski definition) is 5. The van der Waals surface area contributed by atoms with Crippen LogP contribution in [0.3, 0.4) is 0 Å². The largest absolute Gasteiger partial charge is 0.325 e. The first-order chi connectivity index (χ1) is 13.0. The van der Waals surface area contributed by atoms with E-state index < -0.39 is 11.5 Å². The van der Waals surface area contributed by atoms with E-state index >= 15 is 0 Å². The summed E-state index contributed by atoms with van der Waals surface area (Å²) in [5.41, 5.74) is 0.276. The highest BCUT2D eigenvalue weighted by molar-refractivity contribution is 5.98. The number of anilines is 2. The molecule has 140 valence electrons. The van der Waals surface area contributed by atoms with E-state index in [0.717, 1.165) is 19.3 Å². The first-order valence-corrected chi connectivity index (χ1v) is 9.02. The molecule has 0 radical (unpaired) electrons. The van der Waals surface area contributed by atoms with Crippen LogP contribution in [0, 0.1) is 16.7 Å². The number of nitriles is 1. The van der Waals surface area contributed by atoms with Gasteiger partial charge in [0.2, 0.25) is 11.8 Å². The van der Waals surface area contributed by atoms with E-state index in [1.54, 1.807) is 31.2 Å². The highest BCUT2D eigenvalue weighted by atomic mass is 16.2. The van der Waals surface area contributed by atoms with Crippen molar-refractivity contribution in [1.82, 2.24) is 14.8 Å². The van der Waals surface area contributed by atoms with Crippen LogP contribution in [0.4, 0.5) is 11.4 Å². The summed E-state index contributed by atoms with van der Waals surface area (Å²) >= 11 is 0. The third-order valence-electron chi connectivity index (χ3n) is 4.98. The number of amides is 2. The second kappa shape index (κ2) is 7.99. The summed E-state index contributed by atoms with van der Waals surface area (Å²) in [5.74, 6) is -0.468. The molecule has 0 bridgehead atoms. The Bertz CT molecular complexity index is 832. The van der Waals surface area contributed by atoms with Crippen molar-refractivity contribution in [1.29, 1.82) is 5.26 Å². The van der Waals surface area contributed by atoms with Crippen LogP contribution in [0.15, 0.2) is 36.9 Å². The molecular formula is C19H22N6O2. The van der Waals surface area contributed by atoms with Gasteiger partial charge in [0.05, 0.1) is 6.07 Å². The highest BCUT2D eigenvalue weighted by Crippen LogP contribution is 2.36. The number of rotatable bonds is 5. The number of carbonyl (C=O) groups excluding carboxylic acids is 2. The smallest absolute Gasteiger partial charge is 0.249 e. The van der Waals surface area contributed by atoms with E-state index in [4.69, 9.17) is 0 Å². The minimum atomic E-state index is -0.932. The molecule has 2 aromatic rings. The maximum atomic E-state index is 12.6. The van der Waals surface area contributed by atoms with Crippen molar-refractivity contribution in [2.24, 2.45) is 5.41 Å². The fraction of sp³-hybridized carbons (Fsp3) is 0.421. The van der Waals surface area contributed by atoms with Crippen LogP contribution in [0.5, 0.6) is 0 Å². The Morgan fingerprint density at radius 1 is 1.15 bits per heavy atom. The molecule has 1 aliphatic rings. The lowest BCUT2D eigenvalue weighted by molar-refractivity contribution is -0.124. The van der Waals surface area contributed by atoms with Crippen LogP contribution >= 0.6 is 0 Å². The first-order valence-electron chi connectivity index (χ1n) is 9.02. The summed E-state index contributed by atoms with van der Waals surface area (Å²) in [6.07, 6.45) is 6.93. The molecular weight excluding hydrogens is 344 g/mol. The van der Waals surface area contributed by atoms with E-state index in [1.165, 1.54) is 17.3 Å². The van der Waals surface area contributed by atoms with Gasteiger partial charge in [0.25, 0.3) is 0 Å². The van der Waals surface area contributed by atoms with Gasteiger partial charge in [0.15, 0.2) is 0 Å². The van der Waals surface area contributed by atoms with Crippen LogP contribution in [0.1, 0.15) is 45.1 Å². The third kappa shape index (κ3) is 4.14. The van der Waals surface area contributed by atoms with Gasteiger partial charge in [-0.25, -0.2) is 9.67 Å². The number of hydrogen-bond donors (Lipinski definition) is 2. The normalized spacial score (nSPS) is 16.7. The molecule has 27 heavy (non-hydrogen) atoms. The molecule has 8 nitrogen and oxygen atoms in total. The van der Waals surface area contributed by atoms with Crippen LogP contribution in [-0.2, 0) is 9.59 Å². The Hall–Kier alpha value is -3.21. The summed E-state index contributed by atoms with van der Waals surface area (Å²) in [6.45, 7) is 1.73. The summed E-state index contributed by atoms with van der Waals surface area (Å²) in [5, 5.41) is 19.1. The molecule has 1 aromatic heterocycles. The lowest BCUT2D eigenvalue weighted by Gasteiger charge is -2.29. The van der Waals surface area contributed by atoms with Crippen LogP contribution < -0.4 is 10.6 Å². The van der Waals surface area contributed by atoms with Crippen LogP contribution in [0.25, 0.3) is 0 Å². The Morgan fingerprint density at radius 2 is 1.78 bits per heavy atom. The highest BCUT2D eigenvalue weighted by Gasteiger charge is 2.39. The fourth-order valence-electron chi connectivity index (χ4n) is 3.22. The lowest BCUT2D eigenvalue weighted by Crippen LogP contribution is -2.36. The van der Waals surface area contributed by atoms with Gasteiger partial charge in [0, 0.05) is 11.4 Å². The predicted octanol–water partition coefficient (Wildman–Crippen LogP) is 2.89. The fourth-order valence-corrected chi connectivity index (χ4v) is 3.22. The van der Waals surface area contributed by atoms with Gasteiger partial charge < -0.3 is 10.6 Å². The standard InChI is InChI=1S/C19H22N6O2/c1-14(25-13-21-12-22-25)17(26)23-15-5-7-16(8-6-15)24-18(27)19(11-20)9-3-2-4-10-19/h5-8,12-14H,2-4,9-10H2,1H3,(H,23,26)(H,24,27). The quantitative estimate of drug-likeness (QED) is 0.845. The number of benzene rings is 1. The Kier molecular flexibility index (Phi) is 5.50. The molecule has 0 aliphatic heterocycles. The molecule has 1 aromatic carbocycles. The van der Waals surface area contributed by atoms with Crippen molar-refractivity contribution in [3.8, 4) is 6.07 Å². The molecule has 8 heteroatoms. The monoisotopic (exact) mass is 366 g/mol. The van der Waals surface area contributed by atoms with Gasteiger partial charge in [-0.1, -0.05) is 19.3 Å². The Morgan fingerprint density at radius 3 is 2.33 bits per heavy atom. The average molecular weight is 366 g/mol. The Labute approximate surface area is 157 Å². The molecule has 2 N–H and O–H groups in total. The van der Waals surface area contributed by atoms with Crippen LogP contribution in [-0.4, -0.2) is 26.6 Å². The number of aromatic nitrogens is 3. The van der Waals surface area contributed by atoms with Crippen molar-refractivity contribution in [2.75, 3.05) is 10.6 Å². The van der Waals surface area contributed by atoms with Crippen LogP contribution in [0.2, 0.25) is 0 Å². The number of nitrogens with one attached hydrogen (secondary N) is 2. The van der Waals surface area contributed by atoms with Gasteiger partial charge in [-0.15, -0.1) is 0 Å². The predicted molar refractivity (Wildman–Crippen MR) is 99.6 cm³/mol. The second-order valence-corrected chi connectivity index (χ2v) is 6.83. The Balaban J connectivity index is 1.61. The molecule has 1 heterocycles. The first kappa shape index (κ1) is 18.6. The van der Waals surface area contributed by atoms with Gasteiger partial charge in [-0.3, -0.25) is 9.59 Å². The third-order valence-corrected chi connectivity index (χ3v) is 4.98. The molecule has 1 saturated carbocycles. The zero-order chi connectivity index (χ0) is 19.3. The van der Waals surface area contributed by atoms with Gasteiger partial charge in [-0.05, 0) is 44.0 Å². The SMILES string of the molecule is CC(C(=O)Nc1ccc(NC(=O)C2(C#N)CCCCC2)cc1)n1cncn1. The molecule has 1 atom stereocenters. The van der Waals surface area contributed by atoms with Crippen molar-refractivity contribution >= 4 is 23.2 Å². The minimum Gasteiger partial charge on any atom is -0.325 e. The van der Waals surface area contributed by atoms with Crippen molar-refractivity contribution < 1.29 is 9.59 Å². The number of carbonyl (C=O) groups is 2. The zero-order valence-corrected chi connectivity index (χ0v) is 15.2. The van der Waals surface area contributed by atoms with Gasteiger partial charge in [-0.2, -0.15) is 10.4 Å². The van der Waals surface area contributed by atoms with Gasteiger partial charge >= 0.3 is 0 Å². The summed E-state index contributed by atoms with van der Waals surface area (Å²) in [7, 11) is 0. The summed E-state index contributed by atoms with van der Waals surface area (Å²) < 4.78 is 1.47. The molecule has 1 aliphatic carbocycles. The molecule has 0 saturated heterocycles. The number of nitrogens with zero attached hydrogens (tertiary/aromatic N) is 4. The molecule has 1 fully saturated rings.